The largest absolute Gasteiger partial charge is 0.513 e. The van der Waals surface area contributed by atoms with Gasteiger partial charge in [-0.1, -0.05) is 48.7 Å². The highest BCUT2D eigenvalue weighted by molar-refractivity contribution is 6.42. The molecule has 0 bridgehead atoms. The van der Waals surface area contributed by atoms with E-state index in [9.17, 15) is 4.79 Å². The molecule has 1 aromatic carbocycles. The van der Waals surface area contributed by atoms with Crippen LogP contribution in [0.3, 0.4) is 0 Å². The fraction of sp³-hybridized carbons (Fsp3) is 0.350. The second-order valence-corrected chi connectivity index (χ2v) is 7.31. The molecule has 29 heavy (non-hydrogen) atoms. The fourth-order valence-corrected chi connectivity index (χ4v) is 3.56. The van der Waals surface area contributed by atoms with Gasteiger partial charge in [0.1, 0.15) is 5.76 Å². The maximum atomic E-state index is 12.3. The lowest BCUT2D eigenvalue weighted by Crippen LogP contribution is -2.27. The molecule has 154 valence electrons. The van der Waals surface area contributed by atoms with Crippen molar-refractivity contribution in [1.82, 2.24) is 15.5 Å². The first-order valence-electron chi connectivity index (χ1n) is 9.17. The Hall–Kier alpha value is -2.51. The Bertz CT molecular complexity index is 955. The van der Waals surface area contributed by atoms with Gasteiger partial charge in [-0.3, -0.25) is 0 Å². The highest BCUT2D eigenvalue weighted by atomic mass is 35.5. The highest BCUT2D eigenvalue weighted by Gasteiger charge is 2.37. The van der Waals surface area contributed by atoms with Gasteiger partial charge < -0.3 is 19.2 Å². The van der Waals surface area contributed by atoms with Gasteiger partial charge in [0.05, 0.1) is 33.8 Å². The predicted molar refractivity (Wildman–Crippen MR) is 109 cm³/mol. The quantitative estimate of drug-likeness (QED) is 0.459. The standard InChI is InChI=1S/C20H21Cl2N3O4/c1-4-5-9-27-20(26)29-18-12(3)24-11(2)15(19-25-23-10-28-19)16(18)13-7-6-8-14(21)17(13)22/h6-8,10,16,24H,4-5,9H2,1-3H3. The van der Waals surface area contributed by atoms with Gasteiger partial charge in [0.25, 0.3) is 0 Å². The molecule has 1 aliphatic heterocycles. The van der Waals surface area contributed by atoms with Crippen LogP contribution in [0.25, 0.3) is 5.57 Å². The van der Waals surface area contributed by atoms with Crippen molar-refractivity contribution in [2.45, 2.75) is 39.5 Å². The van der Waals surface area contributed by atoms with E-state index in [0.29, 0.717) is 32.6 Å². The van der Waals surface area contributed by atoms with Gasteiger partial charge in [0, 0.05) is 5.70 Å². The number of nitrogens with one attached hydrogen (secondary N) is 1. The van der Waals surface area contributed by atoms with E-state index in [2.05, 4.69) is 15.5 Å². The van der Waals surface area contributed by atoms with E-state index in [1.807, 2.05) is 19.9 Å². The molecule has 0 amide bonds. The third kappa shape index (κ3) is 4.57. The number of carbonyl (C=O) groups is 1. The summed E-state index contributed by atoms with van der Waals surface area (Å²) in [4.78, 5) is 12.3. The van der Waals surface area contributed by atoms with Gasteiger partial charge >= 0.3 is 6.16 Å². The molecular weight excluding hydrogens is 417 g/mol. The van der Waals surface area contributed by atoms with E-state index in [-0.39, 0.29) is 12.5 Å². The number of hydrogen-bond donors (Lipinski definition) is 1. The highest BCUT2D eigenvalue weighted by Crippen LogP contribution is 2.46. The van der Waals surface area contributed by atoms with Gasteiger partial charge in [0.15, 0.2) is 0 Å². The molecule has 1 aromatic heterocycles. The minimum atomic E-state index is -0.790. The number of rotatable bonds is 6. The minimum absolute atomic E-state index is 0.281. The number of ether oxygens (including phenoxy) is 2. The molecule has 3 rings (SSSR count). The van der Waals surface area contributed by atoms with Crippen LogP contribution < -0.4 is 5.32 Å². The summed E-state index contributed by atoms with van der Waals surface area (Å²) in [7, 11) is 0. The van der Waals surface area contributed by atoms with Crippen LogP contribution in [0.5, 0.6) is 0 Å². The van der Waals surface area contributed by atoms with Crippen molar-refractivity contribution in [1.29, 1.82) is 0 Å². The zero-order chi connectivity index (χ0) is 21.0. The van der Waals surface area contributed by atoms with Crippen LogP contribution in [0.1, 0.15) is 51.0 Å². The molecule has 0 saturated heterocycles. The number of allylic oxidation sites excluding steroid dienone is 3. The van der Waals surface area contributed by atoms with Gasteiger partial charge in [-0.2, -0.15) is 0 Å². The molecule has 9 heteroatoms. The summed E-state index contributed by atoms with van der Waals surface area (Å²) in [6.45, 7) is 5.95. The molecule has 1 aliphatic rings. The third-order valence-electron chi connectivity index (χ3n) is 4.49. The summed E-state index contributed by atoms with van der Waals surface area (Å²) in [6.07, 6.45) is 2.10. The van der Waals surface area contributed by atoms with Crippen LogP contribution in [-0.2, 0) is 9.47 Å². The molecule has 7 nitrogen and oxygen atoms in total. The number of unbranched alkanes of at least 4 members (excludes halogenated alkanes) is 1. The van der Waals surface area contributed by atoms with Crippen molar-refractivity contribution in [2.75, 3.05) is 6.61 Å². The zero-order valence-corrected chi connectivity index (χ0v) is 17.8. The minimum Gasteiger partial charge on any atom is -0.434 e. The number of hydrogen-bond acceptors (Lipinski definition) is 7. The van der Waals surface area contributed by atoms with Crippen LogP contribution in [0, 0.1) is 0 Å². The normalized spacial score (nSPS) is 16.7. The average Bonchev–Trinajstić information content (AvgIpc) is 3.20. The second kappa shape index (κ2) is 9.33. The number of aromatic nitrogens is 2. The summed E-state index contributed by atoms with van der Waals surface area (Å²) < 4.78 is 16.2. The number of dihydropyridines is 1. The van der Waals surface area contributed by atoms with Crippen molar-refractivity contribution < 1.29 is 18.7 Å². The molecular formula is C20H21Cl2N3O4. The molecule has 0 saturated carbocycles. The van der Waals surface area contributed by atoms with Gasteiger partial charge in [-0.15, -0.1) is 10.2 Å². The smallest absolute Gasteiger partial charge is 0.434 e. The second-order valence-electron chi connectivity index (χ2n) is 6.53. The van der Waals surface area contributed by atoms with Gasteiger partial charge in [-0.25, -0.2) is 4.79 Å². The van der Waals surface area contributed by atoms with Crippen LogP contribution >= 0.6 is 23.2 Å². The Labute approximate surface area is 178 Å². The van der Waals surface area contributed by atoms with Crippen molar-refractivity contribution in [3.05, 3.63) is 63.2 Å². The first-order valence-corrected chi connectivity index (χ1v) is 9.93. The van der Waals surface area contributed by atoms with Crippen molar-refractivity contribution >= 4 is 34.9 Å². The van der Waals surface area contributed by atoms with E-state index < -0.39 is 12.1 Å². The molecule has 0 radical (unpaired) electrons. The molecule has 1 unspecified atom stereocenters. The van der Waals surface area contributed by atoms with E-state index in [0.717, 1.165) is 18.5 Å². The summed E-state index contributed by atoms with van der Waals surface area (Å²) in [5.74, 6) is 0.0140. The molecule has 1 N–H and O–H groups in total. The van der Waals surface area contributed by atoms with E-state index in [4.69, 9.17) is 37.1 Å². The number of nitrogens with zero attached hydrogens (tertiary/aromatic N) is 2. The van der Waals surface area contributed by atoms with Gasteiger partial charge in [0.2, 0.25) is 12.3 Å². The van der Waals surface area contributed by atoms with Crippen LogP contribution in [0.4, 0.5) is 4.79 Å². The van der Waals surface area contributed by atoms with Gasteiger partial charge in [-0.05, 0) is 31.9 Å². The number of benzene rings is 1. The number of halogens is 2. The predicted octanol–water partition coefficient (Wildman–Crippen LogP) is 5.68. The van der Waals surface area contributed by atoms with Crippen molar-refractivity contribution in [2.24, 2.45) is 0 Å². The maximum Gasteiger partial charge on any atom is 0.513 e. The van der Waals surface area contributed by atoms with Crippen molar-refractivity contribution in [3.8, 4) is 0 Å². The SMILES string of the molecule is CCCCOC(=O)OC1=C(C)NC(C)=C(c2nnco2)C1c1cccc(Cl)c1Cl. The van der Waals surface area contributed by atoms with E-state index in [1.165, 1.54) is 6.39 Å². The lowest BCUT2D eigenvalue weighted by Gasteiger charge is -2.30. The average molecular weight is 438 g/mol. The van der Waals surface area contributed by atoms with Crippen LogP contribution in [0.2, 0.25) is 10.0 Å². The summed E-state index contributed by atoms with van der Waals surface area (Å²) in [6, 6.07) is 5.28. The van der Waals surface area contributed by atoms with E-state index >= 15 is 0 Å². The van der Waals surface area contributed by atoms with E-state index in [1.54, 1.807) is 19.1 Å². The molecule has 1 atom stereocenters. The lowest BCUT2D eigenvalue weighted by molar-refractivity contribution is 0.0724. The molecule has 0 spiro atoms. The van der Waals surface area contributed by atoms with Crippen molar-refractivity contribution in [3.63, 3.8) is 0 Å². The Morgan fingerprint density at radius 3 is 2.76 bits per heavy atom. The molecule has 2 aromatic rings. The maximum absolute atomic E-state index is 12.3. The van der Waals surface area contributed by atoms with Crippen LogP contribution in [0.15, 0.2) is 46.2 Å². The summed E-state index contributed by atoms with van der Waals surface area (Å²) in [5, 5.41) is 11.7. The Balaban J connectivity index is 2.06. The molecule has 0 fully saturated rings. The third-order valence-corrected chi connectivity index (χ3v) is 5.33. The summed E-state index contributed by atoms with van der Waals surface area (Å²) >= 11 is 12.8. The summed E-state index contributed by atoms with van der Waals surface area (Å²) in [5.41, 5.74) is 2.68. The molecule has 2 heterocycles. The Morgan fingerprint density at radius 1 is 1.28 bits per heavy atom. The monoisotopic (exact) mass is 437 g/mol. The van der Waals surface area contributed by atoms with Crippen LogP contribution in [-0.4, -0.2) is 23.0 Å². The first-order chi connectivity index (χ1) is 13.9. The zero-order valence-electron chi connectivity index (χ0n) is 16.3. The lowest BCUT2D eigenvalue weighted by atomic mass is 9.85. The number of carbonyl (C=O) groups excluding carboxylic acids is 1. The first kappa shape index (κ1) is 21.2. The Morgan fingerprint density at radius 2 is 2.07 bits per heavy atom. The Kier molecular flexibility index (Phi) is 6.82. The molecule has 0 aliphatic carbocycles. The topological polar surface area (TPSA) is 86.5 Å². The fourth-order valence-electron chi connectivity index (χ4n) is 3.14.